The fourth-order valence-electron chi connectivity index (χ4n) is 1.53. The molecule has 1 aromatic carbocycles. The molecule has 3 heteroatoms. The molecule has 0 saturated carbocycles. The lowest BCUT2D eigenvalue weighted by Crippen LogP contribution is -2.10. The molecule has 0 radical (unpaired) electrons. The van der Waals surface area contributed by atoms with Crippen molar-refractivity contribution in [2.75, 3.05) is 11.9 Å². The molecule has 0 saturated heterocycles. The van der Waals surface area contributed by atoms with E-state index in [1.165, 1.54) is 0 Å². The van der Waals surface area contributed by atoms with E-state index in [4.69, 9.17) is 5.73 Å². The average Bonchev–Trinajstić information content (AvgIpc) is 2.25. The third-order valence-corrected chi connectivity index (χ3v) is 2.17. The van der Waals surface area contributed by atoms with Crippen molar-refractivity contribution in [3.8, 4) is 11.8 Å². The Morgan fingerprint density at radius 1 is 1.41 bits per heavy atom. The van der Waals surface area contributed by atoms with Crippen molar-refractivity contribution < 1.29 is 4.79 Å². The van der Waals surface area contributed by atoms with Crippen molar-refractivity contribution in [2.45, 2.75) is 26.7 Å². The SMILES string of the molecule is CCCC(=O)Nc1cc(C)cc(C#CCN)c1. The molecule has 0 aliphatic carbocycles. The van der Waals surface area contributed by atoms with E-state index in [1.54, 1.807) is 0 Å². The lowest BCUT2D eigenvalue weighted by atomic mass is 10.1. The van der Waals surface area contributed by atoms with Crippen LogP contribution in [0.15, 0.2) is 18.2 Å². The van der Waals surface area contributed by atoms with Crippen molar-refractivity contribution in [1.29, 1.82) is 0 Å². The van der Waals surface area contributed by atoms with Gasteiger partial charge in [0.25, 0.3) is 0 Å². The topological polar surface area (TPSA) is 55.1 Å². The first kappa shape index (κ1) is 13.3. The molecule has 3 nitrogen and oxygen atoms in total. The van der Waals surface area contributed by atoms with Crippen LogP contribution < -0.4 is 11.1 Å². The van der Waals surface area contributed by atoms with Crippen LogP contribution in [0.25, 0.3) is 0 Å². The van der Waals surface area contributed by atoms with Gasteiger partial charge in [-0.2, -0.15) is 0 Å². The molecular formula is C14H18N2O. The first-order valence-corrected chi connectivity index (χ1v) is 5.76. The molecular weight excluding hydrogens is 212 g/mol. The number of hydrogen-bond donors (Lipinski definition) is 2. The molecule has 0 aliphatic heterocycles. The zero-order chi connectivity index (χ0) is 12.7. The van der Waals surface area contributed by atoms with Gasteiger partial charge in [-0.3, -0.25) is 4.79 Å². The van der Waals surface area contributed by atoms with E-state index in [-0.39, 0.29) is 5.91 Å². The fourth-order valence-corrected chi connectivity index (χ4v) is 1.53. The minimum absolute atomic E-state index is 0.0378. The number of carbonyl (C=O) groups is 1. The molecule has 17 heavy (non-hydrogen) atoms. The molecule has 0 fully saturated rings. The minimum atomic E-state index is 0.0378. The number of nitrogens with two attached hydrogens (primary N) is 1. The van der Waals surface area contributed by atoms with E-state index < -0.39 is 0 Å². The minimum Gasteiger partial charge on any atom is -0.326 e. The van der Waals surface area contributed by atoms with Crippen molar-refractivity contribution in [3.63, 3.8) is 0 Å². The van der Waals surface area contributed by atoms with Crippen LogP contribution in [0, 0.1) is 18.8 Å². The number of rotatable bonds is 3. The average molecular weight is 230 g/mol. The van der Waals surface area contributed by atoms with Crippen LogP contribution in [0.4, 0.5) is 5.69 Å². The summed E-state index contributed by atoms with van der Waals surface area (Å²) in [6.45, 7) is 4.29. The number of benzene rings is 1. The first-order chi connectivity index (χ1) is 8.15. The van der Waals surface area contributed by atoms with Crippen LogP contribution in [0.3, 0.4) is 0 Å². The summed E-state index contributed by atoms with van der Waals surface area (Å²) in [5, 5.41) is 2.86. The molecule has 1 aromatic rings. The molecule has 0 atom stereocenters. The number of aryl methyl sites for hydroxylation is 1. The van der Waals surface area contributed by atoms with Crippen molar-refractivity contribution >= 4 is 11.6 Å². The van der Waals surface area contributed by atoms with Crippen molar-refractivity contribution in [3.05, 3.63) is 29.3 Å². The van der Waals surface area contributed by atoms with Crippen LogP contribution in [0.5, 0.6) is 0 Å². The second-order valence-electron chi connectivity index (χ2n) is 3.89. The highest BCUT2D eigenvalue weighted by atomic mass is 16.1. The maximum Gasteiger partial charge on any atom is 0.224 e. The Labute approximate surface area is 102 Å². The van der Waals surface area contributed by atoms with Gasteiger partial charge in [-0.05, 0) is 37.1 Å². The van der Waals surface area contributed by atoms with Gasteiger partial charge in [0.2, 0.25) is 5.91 Å². The van der Waals surface area contributed by atoms with Gasteiger partial charge in [-0.25, -0.2) is 0 Å². The quantitative estimate of drug-likeness (QED) is 0.781. The highest BCUT2D eigenvalue weighted by Gasteiger charge is 2.02. The van der Waals surface area contributed by atoms with Crippen LogP contribution in [-0.2, 0) is 4.79 Å². The van der Waals surface area contributed by atoms with Crippen LogP contribution in [0.1, 0.15) is 30.9 Å². The van der Waals surface area contributed by atoms with Gasteiger partial charge in [0.1, 0.15) is 0 Å². The molecule has 1 amide bonds. The summed E-state index contributed by atoms with van der Waals surface area (Å²) < 4.78 is 0. The van der Waals surface area contributed by atoms with Crippen molar-refractivity contribution in [2.24, 2.45) is 5.73 Å². The normalized spacial score (nSPS) is 9.35. The molecule has 0 aromatic heterocycles. The summed E-state index contributed by atoms with van der Waals surface area (Å²) in [6.07, 6.45) is 1.38. The second-order valence-corrected chi connectivity index (χ2v) is 3.89. The molecule has 0 bridgehead atoms. The standard InChI is InChI=1S/C14H18N2O/c1-3-5-14(17)16-13-9-11(2)8-12(10-13)6-4-7-15/h8-10H,3,5,7,15H2,1-2H3,(H,16,17). The Bertz CT molecular complexity index is 455. The molecule has 0 unspecified atom stereocenters. The Morgan fingerprint density at radius 3 is 2.82 bits per heavy atom. The monoisotopic (exact) mass is 230 g/mol. The number of amides is 1. The summed E-state index contributed by atoms with van der Waals surface area (Å²) in [5.74, 6) is 5.80. The Hall–Kier alpha value is -1.79. The summed E-state index contributed by atoms with van der Waals surface area (Å²) in [6, 6.07) is 5.77. The summed E-state index contributed by atoms with van der Waals surface area (Å²) in [4.78, 5) is 11.5. The van der Waals surface area contributed by atoms with E-state index in [9.17, 15) is 4.79 Å². The van der Waals surface area contributed by atoms with Gasteiger partial charge < -0.3 is 11.1 Å². The van der Waals surface area contributed by atoms with Crippen LogP contribution in [-0.4, -0.2) is 12.5 Å². The first-order valence-electron chi connectivity index (χ1n) is 5.76. The molecule has 0 heterocycles. The summed E-state index contributed by atoms with van der Waals surface area (Å²) in [5.41, 5.74) is 8.07. The largest absolute Gasteiger partial charge is 0.326 e. The van der Waals surface area contributed by atoms with Gasteiger partial charge in [0.05, 0.1) is 6.54 Å². The van der Waals surface area contributed by atoms with Gasteiger partial charge in [0, 0.05) is 17.7 Å². The maximum atomic E-state index is 11.5. The smallest absolute Gasteiger partial charge is 0.224 e. The van der Waals surface area contributed by atoms with Gasteiger partial charge in [-0.1, -0.05) is 18.8 Å². The zero-order valence-corrected chi connectivity index (χ0v) is 10.3. The predicted molar refractivity (Wildman–Crippen MR) is 70.6 cm³/mol. The van der Waals surface area contributed by atoms with Crippen LogP contribution in [0.2, 0.25) is 0 Å². The molecule has 1 rings (SSSR count). The van der Waals surface area contributed by atoms with E-state index in [2.05, 4.69) is 17.2 Å². The second kappa shape index (κ2) is 6.72. The lowest BCUT2D eigenvalue weighted by molar-refractivity contribution is -0.116. The molecule has 0 spiro atoms. The molecule has 3 N–H and O–H groups in total. The summed E-state index contributed by atoms with van der Waals surface area (Å²) >= 11 is 0. The van der Waals surface area contributed by atoms with Gasteiger partial charge in [0.15, 0.2) is 0 Å². The van der Waals surface area contributed by atoms with E-state index >= 15 is 0 Å². The molecule has 0 aliphatic rings. The van der Waals surface area contributed by atoms with Gasteiger partial charge in [-0.15, -0.1) is 0 Å². The number of hydrogen-bond acceptors (Lipinski definition) is 2. The van der Waals surface area contributed by atoms with Gasteiger partial charge >= 0.3 is 0 Å². The van der Waals surface area contributed by atoms with Crippen molar-refractivity contribution in [1.82, 2.24) is 0 Å². The third-order valence-electron chi connectivity index (χ3n) is 2.17. The van der Waals surface area contributed by atoms with E-state index in [0.29, 0.717) is 13.0 Å². The van der Waals surface area contributed by atoms with E-state index in [0.717, 1.165) is 23.2 Å². The third kappa shape index (κ3) is 4.71. The number of anilines is 1. The maximum absolute atomic E-state index is 11.5. The Morgan fingerprint density at radius 2 is 2.18 bits per heavy atom. The van der Waals surface area contributed by atoms with E-state index in [1.807, 2.05) is 32.0 Å². The zero-order valence-electron chi connectivity index (χ0n) is 10.3. The van der Waals surface area contributed by atoms with Crippen LogP contribution >= 0.6 is 0 Å². The number of carbonyl (C=O) groups excluding carboxylic acids is 1. The predicted octanol–water partition coefficient (Wildman–Crippen LogP) is 2.04. The Kier molecular flexibility index (Phi) is 5.25. The summed E-state index contributed by atoms with van der Waals surface area (Å²) in [7, 11) is 0. The lowest BCUT2D eigenvalue weighted by Gasteiger charge is -2.06. The Balaban J connectivity index is 2.85. The highest BCUT2D eigenvalue weighted by Crippen LogP contribution is 2.14. The molecule has 90 valence electrons. The highest BCUT2D eigenvalue weighted by molar-refractivity contribution is 5.90. The fraction of sp³-hybridized carbons (Fsp3) is 0.357. The number of nitrogens with one attached hydrogen (secondary N) is 1.